The van der Waals surface area contributed by atoms with Crippen LogP contribution in [-0.2, 0) is 10.0 Å². The van der Waals surface area contributed by atoms with E-state index in [1.165, 1.54) is 10.4 Å². The highest BCUT2D eigenvalue weighted by atomic mass is 32.2. The third-order valence-electron chi connectivity index (χ3n) is 4.58. The number of hydrogen-bond donors (Lipinski definition) is 1. The van der Waals surface area contributed by atoms with Crippen LogP contribution in [0.5, 0.6) is 11.5 Å². The summed E-state index contributed by atoms with van der Waals surface area (Å²) in [5.41, 5.74) is 1.30. The third-order valence-corrected chi connectivity index (χ3v) is 6.78. The standard InChI is InChI=1S/C22H30N2O5S/c1-6-24(7-2)30(26,27)21-14-17(11-10-16(21)5)22(25)23-19-15-18(28-8-3)12-13-20(19)29-9-4/h10-15H,6-9H2,1-5H3,(H,23,25). The van der Waals surface area contributed by atoms with Crippen molar-refractivity contribution in [3.63, 3.8) is 0 Å². The molecule has 164 valence electrons. The highest BCUT2D eigenvalue weighted by Gasteiger charge is 2.25. The number of anilines is 1. The zero-order chi connectivity index (χ0) is 22.3. The van der Waals surface area contributed by atoms with Gasteiger partial charge in [0.15, 0.2) is 0 Å². The van der Waals surface area contributed by atoms with Crippen LogP contribution in [0.25, 0.3) is 0 Å². The third kappa shape index (κ3) is 5.31. The van der Waals surface area contributed by atoms with E-state index in [0.717, 1.165) is 0 Å². The van der Waals surface area contributed by atoms with Gasteiger partial charge in [-0.2, -0.15) is 4.31 Å². The van der Waals surface area contributed by atoms with Crippen molar-refractivity contribution in [3.05, 3.63) is 47.5 Å². The lowest BCUT2D eigenvalue weighted by molar-refractivity contribution is 0.102. The van der Waals surface area contributed by atoms with Crippen LogP contribution in [0, 0.1) is 6.92 Å². The van der Waals surface area contributed by atoms with Crippen LogP contribution in [-0.4, -0.2) is 44.9 Å². The Morgan fingerprint density at radius 1 is 0.967 bits per heavy atom. The number of sulfonamides is 1. The summed E-state index contributed by atoms with van der Waals surface area (Å²) >= 11 is 0. The van der Waals surface area contributed by atoms with E-state index in [0.29, 0.717) is 49.1 Å². The lowest BCUT2D eigenvalue weighted by Gasteiger charge is -2.20. The maximum atomic E-state index is 13.0. The Balaban J connectivity index is 2.40. The van der Waals surface area contributed by atoms with E-state index in [2.05, 4.69) is 5.32 Å². The number of hydrogen-bond acceptors (Lipinski definition) is 5. The minimum atomic E-state index is -3.68. The van der Waals surface area contributed by atoms with E-state index in [1.54, 1.807) is 51.1 Å². The highest BCUT2D eigenvalue weighted by molar-refractivity contribution is 7.89. The van der Waals surface area contributed by atoms with Gasteiger partial charge in [0.1, 0.15) is 11.5 Å². The van der Waals surface area contributed by atoms with Gasteiger partial charge < -0.3 is 14.8 Å². The topological polar surface area (TPSA) is 84.9 Å². The van der Waals surface area contributed by atoms with Gasteiger partial charge in [-0.05, 0) is 50.6 Å². The minimum Gasteiger partial charge on any atom is -0.494 e. The van der Waals surface area contributed by atoms with E-state index >= 15 is 0 Å². The normalized spacial score (nSPS) is 11.4. The molecule has 30 heavy (non-hydrogen) atoms. The molecular weight excluding hydrogens is 404 g/mol. The Morgan fingerprint density at radius 2 is 1.63 bits per heavy atom. The lowest BCUT2D eigenvalue weighted by Crippen LogP contribution is -2.31. The maximum Gasteiger partial charge on any atom is 0.255 e. The molecule has 0 aliphatic carbocycles. The quantitative estimate of drug-likeness (QED) is 0.609. The van der Waals surface area contributed by atoms with Crippen molar-refractivity contribution in [2.45, 2.75) is 39.5 Å². The molecule has 0 fully saturated rings. The van der Waals surface area contributed by atoms with Crippen LogP contribution in [0.4, 0.5) is 5.69 Å². The molecule has 0 aliphatic rings. The molecule has 0 spiro atoms. The average Bonchev–Trinajstić information content (AvgIpc) is 2.71. The summed E-state index contributed by atoms with van der Waals surface area (Å²) in [6.07, 6.45) is 0. The molecule has 0 bridgehead atoms. The second-order valence-electron chi connectivity index (χ2n) is 6.55. The van der Waals surface area contributed by atoms with Crippen LogP contribution in [0.3, 0.4) is 0 Å². The lowest BCUT2D eigenvalue weighted by atomic mass is 10.1. The first-order chi connectivity index (χ1) is 14.3. The zero-order valence-electron chi connectivity index (χ0n) is 18.2. The molecule has 1 N–H and O–H groups in total. The van der Waals surface area contributed by atoms with Crippen molar-refractivity contribution >= 4 is 21.6 Å². The van der Waals surface area contributed by atoms with E-state index in [4.69, 9.17) is 9.47 Å². The molecule has 2 aromatic rings. The summed E-state index contributed by atoms with van der Waals surface area (Å²) in [5.74, 6) is 0.683. The zero-order valence-corrected chi connectivity index (χ0v) is 19.0. The van der Waals surface area contributed by atoms with Gasteiger partial charge in [-0.15, -0.1) is 0 Å². The van der Waals surface area contributed by atoms with Crippen LogP contribution in [0.15, 0.2) is 41.3 Å². The smallest absolute Gasteiger partial charge is 0.255 e. The number of rotatable bonds is 10. The van der Waals surface area contributed by atoms with Crippen molar-refractivity contribution in [2.75, 3.05) is 31.6 Å². The van der Waals surface area contributed by atoms with Crippen molar-refractivity contribution in [1.82, 2.24) is 4.31 Å². The molecule has 0 aromatic heterocycles. The Labute approximate surface area is 179 Å². The van der Waals surface area contributed by atoms with E-state index in [-0.39, 0.29) is 10.5 Å². The Morgan fingerprint density at radius 3 is 2.23 bits per heavy atom. The number of ether oxygens (including phenoxy) is 2. The first-order valence-corrected chi connectivity index (χ1v) is 11.5. The molecule has 2 aromatic carbocycles. The SMILES string of the molecule is CCOc1ccc(OCC)c(NC(=O)c2ccc(C)c(S(=O)(=O)N(CC)CC)c2)c1. The summed E-state index contributed by atoms with van der Waals surface area (Å²) in [6, 6.07) is 9.86. The fourth-order valence-corrected chi connectivity index (χ4v) is 4.77. The number of benzene rings is 2. The van der Waals surface area contributed by atoms with Gasteiger partial charge in [-0.25, -0.2) is 8.42 Å². The predicted molar refractivity (Wildman–Crippen MR) is 118 cm³/mol. The molecule has 1 amide bonds. The number of aryl methyl sites for hydroxylation is 1. The van der Waals surface area contributed by atoms with Crippen molar-refractivity contribution in [2.24, 2.45) is 0 Å². The van der Waals surface area contributed by atoms with Gasteiger partial charge in [0.25, 0.3) is 5.91 Å². The van der Waals surface area contributed by atoms with E-state index in [1.807, 2.05) is 13.8 Å². The van der Waals surface area contributed by atoms with Crippen molar-refractivity contribution < 1.29 is 22.7 Å². The number of carbonyl (C=O) groups excluding carboxylic acids is 1. The molecule has 0 saturated carbocycles. The molecule has 7 nitrogen and oxygen atoms in total. The minimum absolute atomic E-state index is 0.131. The van der Waals surface area contributed by atoms with Crippen molar-refractivity contribution in [1.29, 1.82) is 0 Å². The van der Waals surface area contributed by atoms with Gasteiger partial charge in [0, 0.05) is 24.7 Å². The number of nitrogens with one attached hydrogen (secondary N) is 1. The summed E-state index contributed by atoms with van der Waals surface area (Å²) in [5, 5.41) is 2.81. The molecule has 0 heterocycles. The van der Waals surface area contributed by atoms with Crippen LogP contribution >= 0.6 is 0 Å². The first kappa shape index (κ1) is 23.7. The van der Waals surface area contributed by atoms with Gasteiger partial charge >= 0.3 is 0 Å². The summed E-state index contributed by atoms with van der Waals surface area (Å²) in [6.45, 7) is 10.7. The number of amides is 1. The van der Waals surface area contributed by atoms with Gasteiger partial charge in [-0.1, -0.05) is 19.9 Å². The highest BCUT2D eigenvalue weighted by Crippen LogP contribution is 2.30. The van der Waals surface area contributed by atoms with Crippen LogP contribution < -0.4 is 14.8 Å². The first-order valence-electron chi connectivity index (χ1n) is 10.1. The Kier molecular flexibility index (Phi) is 8.25. The summed E-state index contributed by atoms with van der Waals surface area (Å²) < 4.78 is 38.4. The monoisotopic (exact) mass is 434 g/mol. The van der Waals surface area contributed by atoms with Crippen molar-refractivity contribution in [3.8, 4) is 11.5 Å². The fourth-order valence-electron chi connectivity index (χ4n) is 3.06. The van der Waals surface area contributed by atoms with E-state index in [9.17, 15) is 13.2 Å². The fraction of sp³-hybridized carbons (Fsp3) is 0.409. The molecule has 0 radical (unpaired) electrons. The largest absolute Gasteiger partial charge is 0.494 e. The maximum absolute atomic E-state index is 13.0. The van der Waals surface area contributed by atoms with Crippen LogP contribution in [0.1, 0.15) is 43.6 Å². The molecular formula is C22H30N2O5S. The molecule has 2 rings (SSSR count). The second-order valence-corrected chi connectivity index (χ2v) is 8.45. The second kappa shape index (κ2) is 10.4. The predicted octanol–water partition coefficient (Wildman–Crippen LogP) is 4.08. The molecule has 8 heteroatoms. The number of carbonyl (C=O) groups is 1. The molecule has 0 unspecified atom stereocenters. The molecule has 0 aliphatic heterocycles. The van der Waals surface area contributed by atoms with Gasteiger partial charge in [0.2, 0.25) is 10.0 Å². The van der Waals surface area contributed by atoms with Gasteiger partial charge in [0.05, 0.1) is 23.8 Å². The van der Waals surface area contributed by atoms with Gasteiger partial charge in [-0.3, -0.25) is 4.79 Å². The Bertz CT molecular complexity index is 985. The van der Waals surface area contributed by atoms with E-state index < -0.39 is 15.9 Å². The van der Waals surface area contributed by atoms with Crippen LogP contribution in [0.2, 0.25) is 0 Å². The number of nitrogens with zero attached hydrogens (tertiary/aromatic N) is 1. The molecule has 0 saturated heterocycles. The average molecular weight is 435 g/mol. The summed E-state index contributed by atoms with van der Waals surface area (Å²) in [7, 11) is -3.68. The Hall–Kier alpha value is -2.58. The molecule has 0 atom stereocenters. The summed E-state index contributed by atoms with van der Waals surface area (Å²) in [4.78, 5) is 13.1.